The summed E-state index contributed by atoms with van der Waals surface area (Å²) >= 11 is 0. The summed E-state index contributed by atoms with van der Waals surface area (Å²) < 4.78 is 0. The van der Waals surface area contributed by atoms with Crippen LogP contribution in [0.25, 0.3) is 0 Å². The Morgan fingerprint density at radius 1 is 1.31 bits per heavy atom. The highest BCUT2D eigenvalue weighted by Gasteiger charge is 2.31. The van der Waals surface area contributed by atoms with Crippen LogP contribution < -0.4 is 0 Å². The zero-order valence-electron chi connectivity index (χ0n) is 9.93. The van der Waals surface area contributed by atoms with E-state index in [9.17, 15) is 0 Å². The van der Waals surface area contributed by atoms with Gasteiger partial charge in [0.15, 0.2) is 0 Å². The molecule has 78 valence electrons. The minimum absolute atomic E-state index is 0.359. The Kier molecular flexibility index (Phi) is 3.39. The van der Waals surface area contributed by atoms with E-state index >= 15 is 0 Å². The zero-order valence-corrected chi connectivity index (χ0v) is 9.93. The third-order valence-corrected chi connectivity index (χ3v) is 3.42. The molecule has 1 aliphatic rings. The maximum Gasteiger partial charge on any atom is 0.0127 e. The fraction of sp³-hybridized carbons (Fsp3) is 1.00. The molecule has 1 heterocycles. The topological polar surface area (TPSA) is 3.24 Å². The van der Waals surface area contributed by atoms with Crippen LogP contribution in [0.2, 0.25) is 0 Å². The van der Waals surface area contributed by atoms with Gasteiger partial charge in [-0.2, -0.15) is 0 Å². The minimum atomic E-state index is 0.359. The number of piperidine rings is 1. The fourth-order valence-electron chi connectivity index (χ4n) is 2.64. The van der Waals surface area contributed by atoms with Crippen molar-refractivity contribution in [3.8, 4) is 0 Å². The molecule has 0 amide bonds. The van der Waals surface area contributed by atoms with Crippen LogP contribution in [0.5, 0.6) is 0 Å². The van der Waals surface area contributed by atoms with Gasteiger partial charge in [0.1, 0.15) is 0 Å². The molecule has 1 nitrogen and oxygen atoms in total. The SMILES string of the molecule is CC[C@@H]1CCN(C(C)(C)C)[C@H](C)C1. The number of likely N-dealkylation sites (tertiary alicyclic amines) is 1. The van der Waals surface area contributed by atoms with E-state index in [1.54, 1.807) is 0 Å². The lowest BCUT2D eigenvalue weighted by Crippen LogP contribution is -2.51. The molecule has 1 saturated heterocycles. The number of rotatable bonds is 1. The van der Waals surface area contributed by atoms with Crippen LogP contribution in [-0.4, -0.2) is 23.0 Å². The van der Waals surface area contributed by atoms with Crippen molar-refractivity contribution >= 4 is 0 Å². The molecular formula is C12H25N. The molecule has 0 aliphatic carbocycles. The quantitative estimate of drug-likeness (QED) is 0.603. The van der Waals surface area contributed by atoms with Crippen molar-refractivity contribution < 1.29 is 0 Å². The van der Waals surface area contributed by atoms with Gasteiger partial charge in [-0.3, -0.25) is 4.90 Å². The van der Waals surface area contributed by atoms with Gasteiger partial charge in [-0.05, 0) is 53.0 Å². The summed E-state index contributed by atoms with van der Waals surface area (Å²) in [5.41, 5.74) is 0.359. The Balaban J connectivity index is 2.53. The molecule has 1 aliphatic heterocycles. The Hall–Kier alpha value is -0.0400. The molecule has 0 radical (unpaired) electrons. The van der Waals surface area contributed by atoms with Crippen molar-refractivity contribution in [2.45, 2.75) is 65.5 Å². The summed E-state index contributed by atoms with van der Waals surface area (Å²) in [4.78, 5) is 2.65. The molecule has 0 N–H and O–H groups in total. The highest BCUT2D eigenvalue weighted by molar-refractivity contribution is 4.86. The van der Waals surface area contributed by atoms with Gasteiger partial charge in [0.2, 0.25) is 0 Å². The van der Waals surface area contributed by atoms with Crippen LogP contribution in [0.1, 0.15) is 53.9 Å². The van der Waals surface area contributed by atoms with Crippen LogP contribution in [-0.2, 0) is 0 Å². The standard InChI is InChI=1S/C12H25N/c1-6-11-7-8-13(10(2)9-11)12(3,4)5/h10-11H,6-9H2,1-5H3/t10-,11-/m1/s1. The molecule has 0 spiro atoms. The molecular weight excluding hydrogens is 158 g/mol. The Bertz CT molecular complexity index is 157. The van der Waals surface area contributed by atoms with Gasteiger partial charge in [0.25, 0.3) is 0 Å². The van der Waals surface area contributed by atoms with Gasteiger partial charge in [0.05, 0.1) is 0 Å². The lowest BCUT2D eigenvalue weighted by Gasteiger charge is -2.45. The normalized spacial score (nSPS) is 32.1. The Morgan fingerprint density at radius 3 is 2.31 bits per heavy atom. The van der Waals surface area contributed by atoms with Crippen LogP contribution >= 0.6 is 0 Å². The van der Waals surface area contributed by atoms with E-state index in [1.807, 2.05) is 0 Å². The third kappa shape index (κ3) is 2.70. The lowest BCUT2D eigenvalue weighted by molar-refractivity contribution is 0.0382. The summed E-state index contributed by atoms with van der Waals surface area (Å²) in [5.74, 6) is 0.980. The predicted molar refractivity (Wildman–Crippen MR) is 58.9 cm³/mol. The molecule has 0 unspecified atom stereocenters. The summed E-state index contributed by atoms with van der Waals surface area (Å²) in [5, 5.41) is 0. The molecule has 0 aromatic rings. The molecule has 13 heavy (non-hydrogen) atoms. The van der Waals surface area contributed by atoms with Crippen molar-refractivity contribution in [2.75, 3.05) is 6.54 Å². The predicted octanol–water partition coefficient (Wildman–Crippen LogP) is 3.30. The van der Waals surface area contributed by atoms with E-state index in [0.717, 1.165) is 12.0 Å². The van der Waals surface area contributed by atoms with Crippen molar-refractivity contribution in [1.29, 1.82) is 0 Å². The number of hydrogen-bond acceptors (Lipinski definition) is 1. The molecule has 0 saturated carbocycles. The lowest BCUT2D eigenvalue weighted by atomic mass is 9.87. The highest BCUT2D eigenvalue weighted by atomic mass is 15.2. The molecule has 0 bridgehead atoms. The summed E-state index contributed by atoms with van der Waals surface area (Å²) in [6, 6.07) is 0.777. The van der Waals surface area contributed by atoms with Gasteiger partial charge >= 0.3 is 0 Å². The molecule has 1 fully saturated rings. The highest BCUT2D eigenvalue weighted by Crippen LogP contribution is 2.29. The Labute approximate surface area is 83.5 Å². The van der Waals surface area contributed by atoms with Gasteiger partial charge in [-0.1, -0.05) is 13.3 Å². The second-order valence-corrected chi connectivity index (χ2v) is 5.51. The van der Waals surface area contributed by atoms with Gasteiger partial charge in [0, 0.05) is 11.6 Å². The van der Waals surface area contributed by atoms with E-state index in [4.69, 9.17) is 0 Å². The van der Waals surface area contributed by atoms with E-state index in [-0.39, 0.29) is 0 Å². The first-order chi connectivity index (χ1) is 5.95. The summed E-state index contributed by atoms with van der Waals surface area (Å²) in [6.45, 7) is 13.0. The van der Waals surface area contributed by atoms with Crippen LogP contribution in [0.15, 0.2) is 0 Å². The van der Waals surface area contributed by atoms with Crippen LogP contribution in [0.4, 0.5) is 0 Å². The molecule has 0 aromatic heterocycles. The Morgan fingerprint density at radius 2 is 1.92 bits per heavy atom. The maximum absolute atomic E-state index is 2.65. The van der Waals surface area contributed by atoms with E-state index in [0.29, 0.717) is 5.54 Å². The van der Waals surface area contributed by atoms with Crippen molar-refractivity contribution in [1.82, 2.24) is 4.90 Å². The van der Waals surface area contributed by atoms with E-state index in [2.05, 4.69) is 39.5 Å². The number of nitrogens with zero attached hydrogens (tertiary/aromatic N) is 1. The smallest absolute Gasteiger partial charge is 0.0127 e. The average Bonchev–Trinajstić information content (AvgIpc) is 2.01. The average molecular weight is 183 g/mol. The van der Waals surface area contributed by atoms with Crippen molar-refractivity contribution in [2.24, 2.45) is 5.92 Å². The minimum Gasteiger partial charge on any atom is -0.296 e. The van der Waals surface area contributed by atoms with Gasteiger partial charge in [-0.15, -0.1) is 0 Å². The first kappa shape index (κ1) is 11.0. The zero-order chi connectivity index (χ0) is 10.1. The first-order valence-electron chi connectivity index (χ1n) is 5.72. The monoisotopic (exact) mass is 183 g/mol. The van der Waals surface area contributed by atoms with Crippen molar-refractivity contribution in [3.63, 3.8) is 0 Å². The summed E-state index contributed by atoms with van der Waals surface area (Å²) in [7, 11) is 0. The van der Waals surface area contributed by atoms with Gasteiger partial charge in [-0.25, -0.2) is 0 Å². The first-order valence-corrected chi connectivity index (χ1v) is 5.72. The molecule has 0 aromatic carbocycles. The molecule has 1 rings (SSSR count). The summed E-state index contributed by atoms with van der Waals surface area (Å²) in [6.07, 6.45) is 4.16. The van der Waals surface area contributed by atoms with Crippen LogP contribution in [0, 0.1) is 5.92 Å². The van der Waals surface area contributed by atoms with Gasteiger partial charge < -0.3 is 0 Å². The number of hydrogen-bond donors (Lipinski definition) is 0. The third-order valence-electron chi connectivity index (χ3n) is 3.42. The van der Waals surface area contributed by atoms with E-state index < -0.39 is 0 Å². The van der Waals surface area contributed by atoms with Crippen molar-refractivity contribution in [3.05, 3.63) is 0 Å². The largest absolute Gasteiger partial charge is 0.296 e. The van der Waals surface area contributed by atoms with E-state index in [1.165, 1.54) is 25.8 Å². The second kappa shape index (κ2) is 4.00. The molecule has 1 heteroatoms. The molecule has 2 atom stereocenters. The maximum atomic E-state index is 2.65. The second-order valence-electron chi connectivity index (χ2n) is 5.51. The van der Waals surface area contributed by atoms with Crippen LogP contribution in [0.3, 0.4) is 0 Å². The fourth-order valence-corrected chi connectivity index (χ4v) is 2.64.